The smallest absolute Gasteiger partial charge is 0.0629 e. The number of hydrogen-bond donors (Lipinski definition) is 0. The molecule has 0 rings (SSSR count). The van der Waals surface area contributed by atoms with Gasteiger partial charge in [-0.05, 0) is 25.3 Å². The van der Waals surface area contributed by atoms with Crippen molar-refractivity contribution in [2.45, 2.75) is 27.2 Å². The SMILES string of the molecule is C=N/N=C(\C=C/C)CC(C)C. The third-order valence-electron chi connectivity index (χ3n) is 1.18. The molecule has 0 fully saturated rings. The van der Waals surface area contributed by atoms with Crippen molar-refractivity contribution in [1.82, 2.24) is 0 Å². The normalized spacial score (nSPS) is 12.9. The van der Waals surface area contributed by atoms with Crippen LogP contribution in [-0.2, 0) is 0 Å². The van der Waals surface area contributed by atoms with E-state index in [1.54, 1.807) is 0 Å². The van der Waals surface area contributed by atoms with Crippen LogP contribution in [0.1, 0.15) is 27.2 Å². The maximum absolute atomic E-state index is 3.90. The fraction of sp³-hybridized carbons (Fsp3) is 0.556. The summed E-state index contributed by atoms with van der Waals surface area (Å²) in [4.78, 5) is 0. The predicted octanol–water partition coefficient (Wildman–Crippen LogP) is 2.67. The van der Waals surface area contributed by atoms with Crippen LogP contribution in [0.3, 0.4) is 0 Å². The Morgan fingerprint density at radius 1 is 1.55 bits per heavy atom. The first-order chi connectivity index (χ1) is 5.20. The van der Waals surface area contributed by atoms with E-state index in [4.69, 9.17) is 0 Å². The van der Waals surface area contributed by atoms with Gasteiger partial charge in [-0.25, -0.2) is 0 Å². The Kier molecular flexibility index (Phi) is 5.35. The van der Waals surface area contributed by atoms with Crippen LogP contribution in [0.25, 0.3) is 0 Å². The summed E-state index contributed by atoms with van der Waals surface area (Å²) in [5, 5.41) is 7.39. The highest BCUT2D eigenvalue weighted by Crippen LogP contribution is 2.02. The van der Waals surface area contributed by atoms with E-state index in [9.17, 15) is 0 Å². The molecule has 2 heteroatoms. The highest BCUT2D eigenvalue weighted by Gasteiger charge is 1.97. The van der Waals surface area contributed by atoms with Crippen LogP contribution >= 0.6 is 0 Å². The van der Waals surface area contributed by atoms with Crippen molar-refractivity contribution in [1.29, 1.82) is 0 Å². The van der Waals surface area contributed by atoms with Crippen LogP contribution < -0.4 is 0 Å². The average molecular weight is 152 g/mol. The Labute approximate surface area is 68.7 Å². The molecule has 0 aromatic rings. The van der Waals surface area contributed by atoms with Gasteiger partial charge in [-0.3, -0.25) is 0 Å². The van der Waals surface area contributed by atoms with Crippen LogP contribution in [0.2, 0.25) is 0 Å². The van der Waals surface area contributed by atoms with E-state index in [1.807, 2.05) is 19.1 Å². The lowest BCUT2D eigenvalue weighted by molar-refractivity contribution is 0.684. The molecular weight excluding hydrogens is 136 g/mol. The standard InChI is InChI=1S/C9H16N2/c1-5-6-9(11-10-4)7-8(2)3/h5-6,8H,4,7H2,1-3H3/b6-5-,11-9+. The zero-order valence-electron chi connectivity index (χ0n) is 7.54. The molecule has 0 heterocycles. The summed E-state index contributed by atoms with van der Waals surface area (Å²) >= 11 is 0. The second kappa shape index (κ2) is 5.83. The minimum Gasteiger partial charge on any atom is -0.167 e. The minimum atomic E-state index is 0.617. The molecule has 0 saturated carbocycles. The summed E-state index contributed by atoms with van der Waals surface area (Å²) in [5.74, 6) is 0.617. The number of nitrogens with zero attached hydrogens (tertiary/aromatic N) is 2. The lowest BCUT2D eigenvalue weighted by atomic mass is 10.1. The number of rotatable bonds is 4. The van der Waals surface area contributed by atoms with Crippen molar-refractivity contribution < 1.29 is 0 Å². The van der Waals surface area contributed by atoms with Crippen molar-refractivity contribution >= 4 is 12.4 Å². The van der Waals surface area contributed by atoms with Crippen molar-refractivity contribution in [3.05, 3.63) is 12.2 Å². The van der Waals surface area contributed by atoms with Gasteiger partial charge in [0.05, 0.1) is 5.71 Å². The zero-order chi connectivity index (χ0) is 8.69. The molecule has 0 aromatic carbocycles. The molecule has 0 atom stereocenters. The molecule has 0 amide bonds. The van der Waals surface area contributed by atoms with Gasteiger partial charge in [0.25, 0.3) is 0 Å². The van der Waals surface area contributed by atoms with Crippen molar-refractivity contribution in [3.63, 3.8) is 0 Å². The highest BCUT2D eigenvalue weighted by atomic mass is 15.2. The summed E-state index contributed by atoms with van der Waals surface area (Å²) < 4.78 is 0. The van der Waals surface area contributed by atoms with Gasteiger partial charge in [-0.1, -0.05) is 19.9 Å². The molecular formula is C9H16N2. The summed E-state index contributed by atoms with van der Waals surface area (Å²) in [6.45, 7) is 9.60. The summed E-state index contributed by atoms with van der Waals surface area (Å²) in [6.07, 6.45) is 4.89. The van der Waals surface area contributed by atoms with Crippen LogP contribution in [0.5, 0.6) is 0 Å². The van der Waals surface area contributed by atoms with Crippen molar-refractivity contribution in [2.24, 2.45) is 16.1 Å². The first kappa shape index (κ1) is 10.1. The molecule has 2 nitrogen and oxygen atoms in total. The van der Waals surface area contributed by atoms with E-state index in [0.717, 1.165) is 12.1 Å². The van der Waals surface area contributed by atoms with Gasteiger partial charge < -0.3 is 0 Å². The van der Waals surface area contributed by atoms with Gasteiger partial charge in [0.1, 0.15) is 0 Å². The van der Waals surface area contributed by atoms with Crippen LogP contribution in [0, 0.1) is 5.92 Å². The maximum atomic E-state index is 3.90. The molecule has 0 saturated heterocycles. The van der Waals surface area contributed by atoms with E-state index in [0.29, 0.717) is 5.92 Å². The topological polar surface area (TPSA) is 24.7 Å². The Balaban J connectivity index is 4.11. The van der Waals surface area contributed by atoms with E-state index in [2.05, 4.69) is 30.8 Å². The average Bonchev–Trinajstić information content (AvgIpc) is 1.87. The molecule has 0 bridgehead atoms. The zero-order valence-corrected chi connectivity index (χ0v) is 7.54. The van der Waals surface area contributed by atoms with Crippen LogP contribution in [0.15, 0.2) is 22.4 Å². The third-order valence-corrected chi connectivity index (χ3v) is 1.18. The van der Waals surface area contributed by atoms with Crippen molar-refractivity contribution in [2.75, 3.05) is 0 Å². The molecule has 11 heavy (non-hydrogen) atoms. The van der Waals surface area contributed by atoms with Gasteiger partial charge in [0, 0.05) is 6.72 Å². The van der Waals surface area contributed by atoms with Gasteiger partial charge in [0.15, 0.2) is 0 Å². The highest BCUT2D eigenvalue weighted by molar-refractivity contribution is 5.94. The summed E-state index contributed by atoms with van der Waals surface area (Å²) in [7, 11) is 0. The molecule has 0 aliphatic rings. The molecule has 0 spiro atoms. The van der Waals surface area contributed by atoms with Crippen LogP contribution in [-0.4, -0.2) is 12.4 Å². The van der Waals surface area contributed by atoms with Crippen molar-refractivity contribution in [3.8, 4) is 0 Å². The van der Waals surface area contributed by atoms with Gasteiger partial charge in [0.2, 0.25) is 0 Å². The fourth-order valence-corrected chi connectivity index (χ4v) is 0.844. The first-order valence-electron chi connectivity index (χ1n) is 3.86. The Bertz CT molecular complexity index is 166. The molecule has 62 valence electrons. The second-order valence-electron chi connectivity index (χ2n) is 2.83. The fourth-order valence-electron chi connectivity index (χ4n) is 0.844. The third kappa shape index (κ3) is 5.52. The van der Waals surface area contributed by atoms with E-state index in [1.165, 1.54) is 0 Å². The van der Waals surface area contributed by atoms with Gasteiger partial charge >= 0.3 is 0 Å². The number of hydrogen-bond acceptors (Lipinski definition) is 2. The molecule has 0 radical (unpaired) electrons. The Hall–Kier alpha value is -0.920. The number of allylic oxidation sites excluding steroid dienone is 2. The molecule has 0 N–H and O–H groups in total. The Morgan fingerprint density at radius 2 is 2.18 bits per heavy atom. The summed E-state index contributed by atoms with van der Waals surface area (Å²) in [6, 6.07) is 0. The van der Waals surface area contributed by atoms with E-state index in [-0.39, 0.29) is 0 Å². The van der Waals surface area contributed by atoms with Gasteiger partial charge in [-0.15, -0.1) is 0 Å². The maximum Gasteiger partial charge on any atom is 0.0629 e. The lowest BCUT2D eigenvalue weighted by Gasteiger charge is -2.01. The molecule has 0 aromatic heterocycles. The van der Waals surface area contributed by atoms with E-state index >= 15 is 0 Å². The largest absolute Gasteiger partial charge is 0.167 e. The van der Waals surface area contributed by atoms with Crippen LogP contribution in [0.4, 0.5) is 0 Å². The molecule has 0 aliphatic heterocycles. The minimum absolute atomic E-state index is 0.617. The van der Waals surface area contributed by atoms with Gasteiger partial charge in [-0.2, -0.15) is 10.2 Å². The molecule has 0 unspecified atom stereocenters. The second-order valence-corrected chi connectivity index (χ2v) is 2.83. The molecule has 0 aliphatic carbocycles. The lowest BCUT2D eigenvalue weighted by Crippen LogP contribution is -1.98. The Morgan fingerprint density at radius 3 is 2.55 bits per heavy atom. The first-order valence-corrected chi connectivity index (χ1v) is 3.86. The summed E-state index contributed by atoms with van der Waals surface area (Å²) in [5.41, 5.74) is 0.998. The monoisotopic (exact) mass is 152 g/mol. The predicted molar refractivity (Wildman–Crippen MR) is 51.3 cm³/mol. The van der Waals surface area contributed by atoms with E-state index < -0.39 is 0 Å². The quantitative estimate of drug-likeness (QED) is 0.437.